The maximum Gasteiger partial charge on any atom is 0.303 e. The SMILES string of the molecule is CCCCC[C@H](O)CCCCCCCCCCC(=O)O. The Hall–Kier alpha value is -0.570. The Labute approximate surface area is 124 Å². The van der Waals surface area contributed by atoms with Gasteiger partial charge < -0.3 is 10.2 Å². The van der Waals surface area contributed by atoms with Crippen LogP contribution in [0.5, 0.6) is 0 Å². The van der Waals surface area contributed by atoms with Crippen molar-refractivity contribution in [3.05, 3.63) is 0 Å². The van der Waals surface area contributed by atoms with E-state index >= 15 is 0 Å². The number of aliphatic hydroxyl groups is 1. The first-order valence-corrected chi connectivity index (χ1v) is 8.56. The molecule has 1 atom stereocenters. The molecule has 0 aromatic rings. The molecule has 0 bridgehead atoms. The van der Waals surface area contributed by atoms with Gasteiger partial charge in [0.1, 0.15) is 0 Å². The third-order valence-corrected chi connectivity index (χ3v) is 3.82. The smallest absolute Gasteiger partial charge is 0.303 e. The molecule has 0 heterocycles. The molecule has 0 aromatic carbocycles. The second kappa shape index (κ2) is 14.8. The van der Waals surface area contributed by atoms with E-state index in [0.29, 0.717) is 6.42 Å². The van der Waals surface area contributed by atoms with Crippen LogP contribution in [0.25, 0.3) is 0 Å². The minimum absolute atomic E-state index is 0.0856. The fourth-order valence-electron chi connectivity index (χ4n) is 2.49. The molecule has 120 valence electrons. The summed E-state index contributed by atoms with van der Waals surface area (Å²) in [6, 6.07) is 0. The zero-order valence-electron chi connectivity index (χ0n) is 13.3. The molecular formula is C17H34O3. The van der Waals surface area contributed by atoms with Crippen molar-refractivity contribution in [2.75, 3.05) is 0 Å². The summed E-state index contributed by atoms with van der Waals surface area (Å²) < 4.78 is 0. The first-order chi connectivity index (χ1) is 9.66. The molecule has 20 heavy (non-hydrogen) atoms. The van der Waals surface area contributed by atoms with E-state index in [4.69, 9.17) is 5.11 Å². The lowest BCUT2D eigenvalue weighted by atomic mass is 10.0. The number of unbranched alkanes of at least 4 members (excludes halogenated alkanes) is 9. The van der Waals surface area contributed by atoms with Crippen LogP contribution in [0.15, 0.2) is 0 Å². The van der Waals surface area contributed by atoms with Crippen LogP contribution in [0.2, 0.25) is 0 Å². The molecule has 0 spiro atoms. The predicted octanol–water partition coefficient (Wildman–Crippen LogP) is 4.91. The molecule has 0 aromatic heterocycles. The highest BCUT2D eigenvalue weighted by Gasteiger charge is 2.03. The average Bonchev–Trinajstić information content (AvgIpc) is 2.41. The monoisotopic (exact) mass is 286 g/mol. The molecule has 0 unspecified atom stereocenters. The minimum atomic E-state index is -0.678. The summed E-state index contributed by atoms with van der Waals surface area (Å²) in [5.41, 5.74) is 0. The summed E-state index contributed by atoms with van der Waals surface area (Å²) in [5, 5.41) is 18.3. The van der Waals surface area contributed by atoms with Crippen LogP contribution >= 0.6 is 0 Å². The van der Waals surface area contributed by atoms with Crippen molar-refractivity contribution in [3.8, 4) is 0 Å². The van der Waals surface area contributed by atoms with Crippen LogP contribution in [-0.2, 0) is 4.79 Å². The van der Waals surface area contributed by atoms with Crippen LogP contribution in [0, 0.1) is 0 Å². The molecule has 0 fully saturated rings. The van der Waals surface area contributed by atoms with Crippen LogP contribution in [0.1, 0.15) is 96.8 Å². The number of hydrogen-bond donors (Lipinski definition) is 2. The number of rotatable bonds is 15. The highest BCUT2D eigenvalue weighted by atomic mass is 16.4. The Morgan fingerprint density at radius 1 is 0.800 bits per heavy atom. The highest BCUT2D eigenvalue weighted by Crippen LogP contribution is 2.13. The van der Waals surface area contributed by atoms with Crippen LogP contribution in [-0.4, -0.2) is 22.3 Å². The second-order valence-corrected chi connectivity index (χ2v) is 5.91. The zero-order chi connectivity index (χ0) is 15.1. The summed E-state index contributed by atoms with van der Waals surface area (Å²) in [6.07, 6.45) is 14.9. The summed E-state index contributed by atoms with van der Waals surface area (Å²) >= 11 is 0. The van der Waals surface area contributed by atoms with Gasteiger partial charge in [-0.05, 0) is 19.3 Å². The third-order valence-electron chi connectivity index (χ3n) is 3.82. The maximum absolute atomic E-state index is 10.3. The molecule has 0 aliphatic heterocycles. The van der Waals surface area contributed by atoms with Crippen LogP contribution in [0.3, 0.4) is 0 Å². The average molecular weight is 286 g/mol. The van der Waals surface area contributed by atoms with Gasteiger partial charge in [0.15, 0.2) is 0 Å². The fourth-order valence-corrected chi connectivity index (χ4v) is 2.49. The van der Waals surface area contributed by atoms with Gasteiger partial charge in [-0.1, -0.05) is 71.1 Å². The Morgan fingerprint density at radius 2 is 1.25 bits per heavy atom. The normalized spacial score (nSPS) is 12.5. The zero-order valence-corrected chi connectivity index (χ0v) is 13.3. The van der Waals surface area contributed by atoms with E-state index < -0.39 is 5.97 Å². The van der Waals surface area contributed by atoms with E-state index in [2.05, 4.69) is 6.92 Å². The van der Waals surface area contributed by atoms with Crippen molar-refractivity contribution in [3.63, 3.8) is 0 Å². The van der Waals surface area contributed by atoms with E-state index in [1.807, 2.05) is 0 Å². The van der Waals surface area contributed by atoms with E-state index in [1.54, 1.807) is 0 Å². The summed E-state index contributed by atoms with van der Waals surface area (Å²) in [5.74, 6) is -0.678. The minimum Gasteiger partial charge on any atom is -0.481 e. The van der Waals surface area contributed by atoms with E-state index in [1.165, 1.54) is 38.5 Å². The molecule has 3 nitrogen and oxygen atoms in total. The van der Waals surface area contributed by atoms with Crippen molar-refractivity contribution in [2.45, 2.75) is 103 Å². The van der Waals surface area contributed by atoms with Gasteiger partial charge >= 0.3 is 5.97 Å². The maximum atomic E-state index is 10.3. The standard InChI is InChI=1S/C17H34O3/c1-2-3-10-13-16(18)14-11-8-6-4-5-7-9-12-15-17(19)20/h16,18H,2-15H2,1H3,(H,19,20)/t16-/m0/s1. The molecule has 0 saturated heterocycles. The van der Waals surface area contributed by atoms with Crippen molar-refractivity contribution in [1.29, 1.82) is 0 Å². The Kier molecular flexibility index (Phi) is 14.4. The number of hydrogen-bond acceptors (Lipinski definition) is 2. The van der Waals surface area contributed by atoms with Gasteiger partial charge in [-0.25, -0.2) is 0 Å². The van der Waals surface area contributed by atoms with Gasteiger partial charge in [0.05, 0.1) is 6.10 Å². The van der Waals surface area contributed by atoms with Gasteiger partial charge in [-0.2, -0.15) is 0 Å². The molecule has 3 heteroatoms. The molecular weight excluding hydrogens is 252 g/mol. The Balaban J connectivity index is 3.10. The number of carboxylic acid groups (broad SMARTS) is 1. The molecule has 0 aliphatic carbocycles. The summed E-state index contributed by atoms with van der Waals surface area (Å²) in [6.45, 7) is 2.19. The quantitative estimate of drug-likeness (QED) is 0.420. The number of aliphatic hydroxyl groups excluding tert-OH is 1. The largest absolute Gasteiger partial charge is 0.481 e. The second-order valence-electron chi connectivity index (χ2n) is 5.91. The lowest BCUT2D eigenvalue weighted by Crippen LogP contribution is -2.05. The van der Waals surface area contributed by atoms with Crippen molar-refractivity contribution in [2.24, 2.45) is 0 Å². The van der Waals surface area contributed by atoms with E-state index in [9.17, 15) is 9.90 Å². The molecule has 2 N–H and O–H groups in total. The van der Waals surface area contributed by atoms with E-state index in [0.717, 1.165) is 44.9 Å². The molecule has 0 aliphatic rings. The van der Waals surface area contributed by atoms with Gasteiger partial charge in [0, 0.05) is 6.42 Å². The lowest BCUT2D eigenvalue weighted by molar-refractivity contribution is -0.137. The molecule has 0 rings (SSSR count). The molecule has 0 amide bonds. The van der Waals surface area contributed by atoms with Crippen molar-refractivity contribution >= 4 is 5.97 Å². The molecule has 0 saturated carbocycles. The van der Waals surface area contributed by atoms with Crippen LogP contribution in [0.4, 0.5) is 0 Å². The predicted molar refractivity (Wildman–Crippen MR) is 84.0 cm³/mol. The first-order valence-electron chi connectivity index (χ1n) is 8.56. The van der Waals surface area contributed by atoms with Gasteiger partial charge in [0.2, 0.25) is 0 Å². The fraction of sp³-hybridized carbons (Fsp3) is 0.941. The molecule has 0 radical (unpaired) electrons. The Morgan fingerprint density at radius 3 is 1.75 bits per heavy atom. The van der Waals surface area contributed by atoms with Gasteiger partial charge in [-0.3, -0.25) is 4.79 Å². The topological polar surface area (TPSA) is 57.5 Å². The number of aliphatic carboxylic acids is 1. The van der Waals surface area contributed by atoms with Crippen LogP contribution < -0.4 is 0 Å². The first kappa shape index (κ1) is 19.4. The van der Waals surface area contributed by atoms with Crippen molar-refractivity contribution in [1.82, 2.24) is 0 Å². The Bertz CT molecular complexity index is 216. The summed E-state index contributed by atoms with van der Waals surface area (Å²) in [4.78, 5) is 10.3. The third kappa shape index (κ3) is 15.5. The lowest BCUT2D eigenvalue weighted by Gasteiger charge is -2.09. The van der Waals surface area contributed by atoms with Gasteiger partial charge in [0.25, 0.3) is 0 Å². The number of carbonyl (C=O) groups is 1. The van der Waals surface area contributed by atoms with Gasteiger partial charge in [-0.15, -0.1) is 0 Å². The summed E-state index contributed by atoms with van der Waals surface area (Å²) in [7, 11) is 0. The highest BCUT2D eigenvalue weighted by molar-refractivity contribution is 5.66. The number of carboxylic acids is 1. The van der Waals surface area contributed by atoms with Crippen molar-refractivity contribution < 1.29 is 15.0 Å². The van der Waals surface area contributed by atoms with E-state index in [-0.39, 0.29) is 6.10 Å².